The van der Waals surface area contributed by atoms with Crippen LogP contribution in [0.1, 0.15) is 70.7 Å². The first kappa shape index (κ1) is 21.2. The molecule has 0 unspecified atom stereocenters. The van der Waals surface area contributed by atoms with Crippen LogP contribution in [0, 0.1) is 6.92 Å². The quantitative estimate of drug-likeness (QED) is 0.808. The molecule has 0 bridgehead atoms. The first-order valence-electron chi connectivity index (χ1n) is 11.2. The highest BCUT2D eigenvalue weighted by Gasteiger charge is 2.38. The van der Waals surface area contributed by atoms with E-state index >= 15 is 0 Å². The molecule has 2 N–H and O–H groups in total. The van der Waals surface area contributed by atoms with Crippen LogP contribution in [-0.2, 0) is 4.79 Å². The minimum atomic E-state index is 0.0393. The Morgan fingerprint density at radius 3 is 2.50 bits per heavy atom. The highest BCUT2D eigenvalue weighted by atomic mass is 16.2. The number of piperidine rings is 2. The lowest BCUT2D eigenvalue weighted by Crippen LogP contribution is -2.62. The van der Waals surface area contributed by atoms with E-state index < -0.39 is 0 Å². The van der Waals surface area contributed by atoms with E-state index in [1.807, 2.05) is 0 Å². The average molecular weight is 413 g/mol. The fraction of sp³-hybridized carbons (Fsp3) is 0.696. The molecule has 7 heteroatoms. The van der Waals surface area contributed by atoms with Gasteiger partial charge in [0.2, 0.25) is 5.91 Å². The molecule has 4 rings (SSSR count). The van der Waals surface area contributed by atoms with Crippen LogP contribution < -0.4 is 10.6 Å². The Bertz CT molecular complexity index is 894. The van der Waals surface area contributed by atoms with Crippen molar-refractivity contribution in [3.05, 3.63) is 29.7 Å². The Kier molecular flexibility index (Phi) is 5.62. The van der Waals surface area contributed by atoms with Crippen LogP contribution >= 0.6 is 0 Å². The van der Waals surface area contributed by atoms with Gasteiger partial charge in [-0.2, -0.15) is 0 Å². The van der Waals surface area contributed by atoms with Gasteiger partial charge in [0.25, 0.3) is 0 Å². The number of hydrogen-bond donors (Lipinski definition) is 2. The molecule has 30 heavy (non-hydrogen) atoms. The maximum Gasteiger partial charge on any atom is 0.234 e. The Balaban J connectivity index is 1.30. The standard InChI is InChI=1S/C23H36N6O/c1-16-6-11-29-19(12-16)25-26-21(29)17-7-9-28(10-8-17)15-20(30)24-18-13-22(2,3)27-23(4,5)14-18/h6,11-12,17-18,27H,7-10,13-15H2,1-5H3,(H,24,30). The van der Waals surface area contributed by atoms with Gasteiger partial charge in [0.15, 0.2) is 5.65 Å². The lowest BCUT2D eigenvalue weighted by Gasteiger charge is -2.46. The number of hydrogen-bond acceptors (Lipinski definition) is 5. The number of nitrogens with one attached hydrogen (secondary N) is 2. The van der Waals surface area contributed by atoms with E-state index in [1.54, 1.807) is 0 Å². The van der Waals surface area contributed by atoms with Crippen LogP contribution in [0.25, 0.3) is 5.65 Å². The summed E-state index contributed by atoms with van der Waals surface area (Å²) in [5.41, 5.74) is 2.19. The van der Waals surface area contributed by atoms with Crippen molar-refractivity contribution in [2.45, 2.75) is 83.3 Å². The van der Waals surface area contributed by atoms with Crippen LogP contribution in [0.5, 0.6) is 0 Å². The number of aromatic nitrogens is 3. The lowest BCUT2D eigenvalue weighted by molar-refractivity contribution is -0.123. The number of rotatable bonds is 4. The maximum atomic E-state index is 12.7. The van der Waals surface area contributed by atoms with Gasteiger partial charge in [0.1, 0.15) is 5.82 Å². The third kappa shape index (κ3) is 4.83. The van der Waals surface area contributed by atoms with Gasteiger partial charge in [-0.25, -0.2) is 0 Å². The van der Waals surface area contributed by atoms with E-state index in [9.17, 15) is 4.79 Å². The molecular weight excluding hydrogens is 376 g/mol. The summed E-state index contributed by atoms with van der Waals surface area (Å²) in [4.78, 5) is 15.0. The van der Waals surface area contributed by atoms with Gasteiger partial charge in [0.05, 0.1) is 6.54 Å². The van der Waals surface area contributed by atoms with Gasteiger partial charge >= 0.3 is 0 Å². The van der Waals surface area contributed by atoms with Crippen molar-refractivity contribution >= 4 is 11.6 Å². The highest BCUT2D eigenvalue weighted by Crippen LogP contribution is 2.29. The number of carbonyl (C=O) groups excluding carboxylic acids is 1. The average Bonchev–Trinajstić information content (AvgIpc) is 3.02. The van der Waals surface area contributed by atoms with Crippen LogP contribution in [-0.4, -0.2) is 62.2 Å². The van der Waals surface area contributed by atoms with E-state index in [1.165, 1.54) is 5.56 Å². The van der Waals surface area contributed by atoms with Crippen molar-refractivity contribution in [2.24, 2.45) is 0 Å². The number of fused-ring (bicyclic) bond motifs is 1. The number of amides is 1. The number of aryl methyl sites for hydroxylation is 1. The number of likely N-dealkylation sites (tertiary alicyclic amines) is 1. The third-order valence-corrected chi connectivity index (χ3v) is 6.47. The summed E-state index contributed by atoms with van der Waals surface area (Å²) in [5, 5.41) is 15.8. The van der Waals surface area contributed by atoms with E-state index in [-0.39, 0.29) is 23.0 Å². The molecule has 0 atom stereocenters. The van der Waals surface area contributed by atoms with Crippen LogP contribution in [0.2, 0.25) is 0 Å². The zero-order valence-corrected chi connectivity index (χ0v) is 19.0. The Morgan fingerprint density at radius 2 is 1.83 bits per heavy atom. The summed E-state index contributed by atoms with van der Waals surface area (Å²) in [7, 11) is 0. The topological polar surface area (TPSA) is 74.6 Å². The zero-order chi connectivity index (χ0) is 21.5. The molecule has 2 aromatic heterocycles. The van der Waals surface area contributed by atoms with Crippen LogP contribution in [0.15, 0.2) is 18.3 Å². The summed E-state index contributed by atoms with van der Waals surface area (Å²) in [6.07, 6.45) is 6.01. The van der Waals surface area contributed by atoms with Crippen molar-refractivity contribution in [3.8, 4) is 0 Å². The molecule has 0 spiro atoms. The minimum absolute atomic E-state index is 0.0393. The number of carbonyl (C=O) groups is 1. The summed E-state index contributed by atoms with van der Waals surface area (Å²) in [6.45, 7) is 13.3. The van der Waals surface area contributed by atoms with Crippen molar-refractivity contribution < 1.29 is 4.79 Å². The summed E-state index contributed by atoms with van der Waals surface area (Å²) < 4.78 is 2.11. The maximum absolute atomic E-state index is 12.7. The second-order valence-corrected chi connectivity index (χ2v) is 10.6. The molecule has 7 nitrogen and oxygen atoms in total. The molecule has 164 valence electrons. The summed E-state index contributed by atoms with van der Waals surface area (Å²) in [6, 6.07) is 4.40. The fourth-order valence-corrected chi connectivity index (χ4v) is 5.54. The summed E-state index contributed by atoms with van der Waals surface area (Å²) >= 11 is 0. The fourth-order valence-electron chi connectivity index (χ4n) is 5.54. The predicted octanol–water partition coefficient (Wildman–Crippen LogP) is 2.64. The van der Waals surface area contributed by atoms with E-state index in [0.717, 1.165) is 50.2 Å². The van der Waals surface area contributed by atoms with Crippen molar-refractivity contribution in [3.63, 3.8) is 0 Å². The molecule has 1 amide bonds. The molecule has 2 aromatic rings. The van der Waals surface area contributed by atoms with E-state index in [0.29, 0.717) is 12.5 Å². The normalized spacial score (nSPS) is 23.0. The van der Waals surface area contributed by atoms with Gasteiger partial charge in [0, 0.05) is 29.2 Å². The predicted molar refractivity (Wildman–Crippen MR) is 119 cm³/mol. The largest absolute Gasteiger partial charge is 0.352 e. The van der Waals surface area contributed by atoms with Crippen molar-refractivity contribution in [2.75, 3.05) is 19.6 Å². The first-order chi connectivity index (χ1) is 14.1. The molecule has 0 saturated carbocycles. The molecule has 0 aliphatic carbocycles. The Hall–Kier alpha value is -1.99. The molecule has 4 heterocycles. The second-order valence-electron chi connectivity index (χ2n) is 10.6. The van der Waals surface area contributed by atoms with Gasteiger partial charge in [-0.3, -0.25) is 14.1 Å². The SMILES string of the molecule is Cc1ccn2c(C3CCN(CC(=O)NC4CC(C)(C)NC(C)(C)C4)CC3)nnc2c1. The smallest absolute Gasteiger partial charge is 0.234 e. The lowest BCUT2D eigenvalue weighted by atomic mass is 9.79. The first-order valence-corrected chi connectivity index (χ1v) is 11.2. The molecule has 2 aliphatic rings. The molecule has 2 fully saturated rings. The van der Waals surface area contributed by atoms with E-state index in [2.05, 4.69) is 83.1 Å². The van der Waals surface area contributed by atoms with Gasteiger partial charge < -0.3 is 10.6 Å². The summed E-state index contributed by atoms with van der Waals surface area (Å²) in [5.74, 6) is 1.59. The Morgan fingerprint density at radius 1 is 1.17 bits per heavy atom. The molecule has 0 radical (unpaired) electrons. The van der Waals surface area contributed by atoms with Crippen molar-refractivity contribution in [1.82, 2.24) is 30.1 Å². The second kappa shape index (κ2) is 7.93. The highest BCUT2D eigenvalue weighted by molar-refractivity contribution is 5.78. The van der Waals surface area contributed by atoms with Crippen LogP contribution in [0.4, 0.5) is 0 Å². The molecule has 0 aromatic carbocycles. The molecule has 2 aliphatic heterocycles. The van der Waals surface area contributed by atoms with Gasteiger partial charge in [-0.15, -0.1) is 10.2 Å². The number of pyridine rings is 1. The van der Waals surface area contributed by atoms with E-state index in [4.69, 9.17) is 0 Å². The number of nitrogens with zero attached hydrogens (tertiary/aromatic N) is 4. The van der Waals surface area contributed by atoms with Crippen molar-refractivity contribution in [1.29, 1.82) is 0 Å². The minimum Gasteiger partial charge on any atom is -0.352 e. The van der Waals surface area contributed by atoms with Gasteiger partial charge in [-0.05, 0) is 91.1 Å². The zero-order valence-electron chi connectivity index (χ0n) is 19.0. The van der Waals surface area contributed by atoms with Crippen LogP contribution in [0.3, 0.4) is 0 Å². The Labute approximate surface area is 179 Å². The molecule has 2 saturated heterocycles. The van der Waals surface area contributed by atoms with Gasteiger partial charge in [-0.1, -0.05) is 0 Å². The third-order valence-electron chi connectivity index (χ3n) is 6.47. The molecular formula is C23H36N6O. The monoisotopic (exact) mass is 412 g/mol.